The van der Waals surface area contributed by atoms with Crippen LogP contribution in [0, 0.1) is 0 Å². The van der Waals surface area contributed by atoms with E-state index in [1.165, 1.54) is 0 Å². The molecule has 0 bridgehead atoms. The number of ether oxygens (including phenoxy) is 2. The molecule has 1 aliphatic rings. The molecule has 124 valence electrons. The van der Waals surface area contributed by atoms with Crippen molar-refractivity contribution in [1.82, 2.24) is 14.8 Å². The maximum atomic E-state index is 10.5. The van der Waals surface area contributed by atoms with Crippen LogP contribution in [0.5, 0.6) is 0 Å². The van der Waals surface area contributed by atoms with Crippen LogP contribution in [0.3, 0.4) is 0 Å². The van der Waals surface area contributed by atoms with Crippen molar-refractivity contribution in [1.29, 1.82) is 0 Å². The first kappa shape index (κ1) is 16.6. The molecule has 1 aromatic heterocycles. The number of aliphatic hydroxyl groups excluding tert-OH is 1. The number of aromatic nitrogens is 3. The molecule has 2 unspecified atom stereocenters. The molecule has 23 heavy (non-hydrogen) atoms. The van der Waals surface area contributed by atoms with E-state index in [-0.39, 0.29) is 6.29 Å². The van der Waals surface area contributed by atoms with E-state index in [4.69, 9.17) is 9.47 Å². The van der Waals surface area contributed by atoms with Gasteiger partial charge in [0.25, 0.3) is 0 Å². The molecule has 2 atom stereocenters. The van der Waals surface area contributed by atoms with Gasteiger partial charge >= 0.3 is 0 Å². The van der Waals surface area contributed by atoms with Crippen molar-refractivity contribution in [2.24, 2.45) is 0 Å². The molecule has 0 amide bonds. The number of benzene rings is 1. The van der Waals surface area contributed by atoms with Crippen LogP contribution in [0.1, 0.15) is 36.8 Å². The molecule has 1 aliphatic heterocycles. The molecule has 2 aromatic rings. The Morgan fingerprint density at radius 1 is 1.35 bits per heavy atom. The van der Waals surface area contributed by atoms with Crippen molar-refractivity contribution in [3.63, 3.8) is 0 Å². The fraction of sp³-hybridized carbons (Fsp3) is 0.500. The molecule has 2 heterocycles. The van der Waals surface area contributed by atoms with Crippen molar-refractivity contribution in [2.45, 2.75) is 38.2 Å². The molecule has 0 aliphatic carbocycles. The molecule has 0 radical (unpaired) electrons. The minimum absolute atomic E-state index is 0.127. The van der Waals surface area contributed by atoms with Crippen molar-refractivity contribution >= 4 is 15.9 Å². The third kappa shape index (κ3) is 4.38. The first-order valence-corrected chi connectivity index (χ1v) is 8.60. The highest BCUT2D eigenvalue weighted by molar-refractivity contribution is 9.10. The number of hydrogen-bond donors (Lipinski definition) is 1. The Labute approximate surface area is 143 Å². The van der Waals surface area contributed by atoms with Gasteiger partial charge in [0.05, 0.1) is 13.2 Å². The van der Waals surface area contributed by atoms with Gasteiger partial charge in [-0.15, -0.1) is 5.10 Å². The zero-order chi connectivity index (χ0) is 16.1. The van der Waals surface area contributed by atoms with E-state index in [9.17, 15) is 5.11 Å². The van der Waals surface area contributed by atoms with Crippen LogP contribution in [0.25, 0.3) is 0 Å². The summed E-state index contributed by atoms with van der Waals surface area (Å²) in [5.74, 6) is 0.497. The topological polar surface area (TPSA) is 69.4 Å². The summed E-state index contributed by atoms with van der Waals surface area (Å²) in [5.41, 5.74) is 0.783. The SMILES string of the molecule is OC(c1ccccc1)c1nc(Br)nn1CCOC1CCCCO1. The van der Waals surface area contributed by atoms with E-state index < -0.39 is 6.10 Å². The van der Waals surface area contributed by atoms with Gasteiger partial charge in [0.1, 0.15) is 6.10 Å². The third-order valence-corrected chi connectivity index (χ3v) is 4.12. The minimum Gasteiger partial charge on any atom is -0.380 e. The lowest BCUT2D eigenvalue weighted by Crippen LogP contribution is -2.24. The number of hydrogen-bond acceptors (Lipinski definition) is 5. The van der Waals surface area contributed by atoms with E-state index in [1.54, 1.807) is 4.68 Å². The molecule has 1 aromatic carbocycles. The second-order valence-corrected chi connectivity index (χ2v) is 6.15. The zero-order valence-corrected chi connectivity index (χ0v) is 14.4. The van der Waals surface area contributed by atoms with Crippen molar-refractivity contribution < 1.29 is 14.6 Å². The van der Waals surface area contributed by atoms with Gasteiger partial charge < -0.3 is 14.6 Å². The highest BCUT2D eigenvalue weighted by Crippen LogP contribution is 2.21. The van der Waals surface area contributed by atoms with E-state index in [0.717, 1.165) is 31.4 Å². The number of rotatable bonds is 6. The second-order valence-electron chi connectivity index (χ2n) is 5.44. The number of aliphatic hydroxyl groups is 1. The number of nitrogens with zero attached hydrogens (tertiary/aromatic N) is 3. The standard InChI is InChI=1S/C16H20BrN3O3/c17-16-18-15(14(21)12-6-2-1-3-7-12)20(19-16)9-11-23-13-8-4-5-10-22-13/h1-3,6-7,13-14,21H,4-5,8-11H2. The van der Waals surface area contributed by atoms with Crippen LogP contribution in [0.4, 0.5) is 0 Å². The fourth-order valence-corrected chi connectivity index (χ4v) is 2.96. The quantitative estimate of drug-likeness (QED) is 0.832. The lowest BCUT2D eigenvalue weighted by atomic mass is 10.1. The monoisotopic (exact) mass is 381 g/mol. The van der Waals surface area contributed by atoms with E-state index in [2.05, 4.69) is 26.0 Å². The lowest BCUT2D eigenvalue weighted by Gasteiger charge is -2.22. The van der Waals surface area contributed by atoms with Crippen LogP contribution in [0.15, 0.2) is 35.1 Å². The Bertz CT molecular complexity index is 614. The van der Waals surface area contributed by atoms with Crippen molar-refractivity contribution in [3.8, 4) is 0 Å². The van der Waals surface area contributed by atoms with Crippen LogP contribution < -0.4 is 0 Å². The smallest absolute Gasteiger partial charge is 0.217 e. The van der Waals surface area contributed by atoms with Gasteiger partial charge in [-0.1, -0.05) is 30.3 Å². The Morgan fingerprint density at radius 3 is 2.91 bits per heavy atom. The van der Waals surface area contributed by atoms with Crippen LogP contribution in [0.2, 0.25) is 0 Å². The average Bonchev–Trinajstić information content (AvgIpc) is 2.97. The van der Waals surface area contributed by atoms with Crippen molar-refractivity contribution in [2.75, 3.05) is 13.2 Å². The van der Waals surface area contributed by atoms with Crippen LogP contribution in [-0.4, -0.2) is 39.4 Å². The predicted molar refractivity (Wildman–Crippen MR) is 87.8 cm³/mol. The molecular weight excluding hydrogens is 362 g/mol. The average molecular weight is 382 g/mol. The maximum Gasteiger partial charge on any atom is 0.217 e. The molecule has 0 saturated carbocycles. The second kappa shape index (κ2) is 8.01. The molecule has 1 fully saturated rings. The molecule has 3 rings (SSSR count). The summed E-state index contributed by atoms with van der Waals surface area (Å²) < 4.78 is 13.4. The summed E-state index contributed by atoms with van der Waals surface area (Å²) in [6.45, 7) is 1.74. The van der Waals surface area contributed by atoms with Gasteiger partial charge in [0.2, 0.25) is 4.73 Å². The van der Waals surface area contributed by atoms with E-state index >= 15 is 0 Å². The molecule has 0 spiro atoms. The van der Waals surface area contributed by atoms with Gasteiger partial charge in [-0.25, -0.2) is 9.67 Å². The van der Waals surface area contributed by atoms with Gasteiger partial charge in [-0.05, 0) is 40.8 Å². The summed E-state index contributed by atoms with van der Waals surface area (Å²) in [4.78, 5) is 4.28. The zero-order valence-electron chi connectivity index (χ0n) is 12.8. The summed E-state index contributed by atoms with van der Waals surface area (Å²) in [6, 6.07) is 9.42. The normalized spacial score (nSPS) is 19.7. The predicted octanol–water partition coefficient (Wildman–Crippen LogP) is 2.67. The fourth-order valence-electron chi connectivity index (χ4n) is 2.59. The molecule has 1 saturated heterocycles. The Kier molecular flexibility index (Phi) is 5.77. The van der Waals surface area contributed by atoms with E-state index in [1.807, 2.05) is 30.3 Å². The van der Waals surface area contributed by atoms with Crippen LogP contribution >= 0.6 is 15.9 Å². The molecule has 7 heteroatoms. The van der Waals surface area contributed by atoms with Gasteiger partial charge in [0.15, 0.2) is 12.1 Å². The maximum absolute atomic E-state index is 10.5. The highest BCUT2D eigenvalue weighted by atomic mass is 79.9. The molecule has 6 nitrogen and oxygen atoms in total. The minimum atomic E-state index is -0.819. The largest absolute Gasteiger partial charge is 0.380 e. The first-order chi connectivity index (χ1) is 11.2. The summed E-state index contributed by atoms with van der Waals surface area (Å²) in [6.07, 6.45) is 2.22. The summed E-state index contributed by atoms with van der Waals surface area (Å²) in [7, 11) is 0. The third-order valence-electron chi connectivity index (χ3n) is 3.78. The van der Waals surface area contributed by atoms with Crippen molar-refractivity contribution in [3.05, 3.63) is 46.5 Å². The Balaban J connectivity index is 1.63. The van der Waals surface area contributed by atoms with Gasteiger partial charge in [-0.3, -0.25) is 0 Å². The van der Waals surface area contributed by atoms with E-state index in [0.29, 0.717) is 23.7 Å². The molecular formula is C16H20BrN3O3. The van der Waals surface area contributed by atoms with Gasteiger partial charge in [0, 0.05) is 6.61 Å². The first-order valence-electron chi connectivity index (χ1n) is 7.80. The Morgan fingerprint density at radius 2 is 2.17 bits per heavy atom. The Hall–Kier alpha value is -1.28. The number of halogens is 1. The highest BCUT2D eigenvalue weighted by Gasteiger charge is 2.20. The van der Waals surface area contributed by atoms with Gasteiger partial charge in [-0.2, -0.15) is 0 Å². The van der Waals surface area contributed by atoms with Crippen LogP contribution in [-0.2, 0) is 16.0 Å². The summed E-state index contributed by atoms with van der Waals surface area (Å²) >= 11 is 3.27. The lowest BCUT2D eigenvalue weighted by molar-refractivity contribution is -0.164. The summed E-state index contributed by atoms with van der Waals surface area (Å²) in [5, 5.41) is 14.8. The molecule has 1 N–H and O–H groups in total.